The summed E-state index contributed by atoms with van der Waals surface area (Å²) in [6.45, 7) is 0. The van der Waals surface area contributed by atoms with Gasteiger partial charge < -0.3 is 4.74 Å². The number of H-pyrrole nitrogens is 1. The van der Waals surface area contributed by atoms with Crippen molar-refractivity contribution in [2.45, 2.75) is 6.18 Å². The first-order valence-corrected chi connectivity index (χ1v) is 6.32. The number of nitro benzene ring substituents is 1. The first-order valence-electron chi connectivity index (χ1n) is 6.32. The molecule has 2 aromatic carbocycles. The van der Waals surface area contributed by atoms with Crippen LogP contribution in [0.15, 0.2) is 42.6 Å². The first-order chi connectivity index (χ1) is 10.9. The summed E-state index contributed by atoms with van der Waals surface area (Å²) in [5, 5.41) is 18.1. The van der Waals surface area contributed by atoms with Crippen molar-refractivity contribution < 1.29 is 22.8 Å². The van der Waals surface area contributed by atoms with Crippen LogP contribution in [0.2, 0.25) is 0 Å². The Bertz CT molecular complexity index is 890. The van der Waals surface area contributed by atoms with E-state index in [2.05, 4.69) is 10.2 Å². The molecule has 23 heavy (non-hydrogen) atoms. The number of fused-ring (bicyclic) bond motifs is 1. The molecule has 0 aliphatic carbocycles. The monoisotopic (exact) mass is 323 g/mol. The maximum atomic E-state index is 12.7. The van der Waals surface area contributed by atoms with Crippen molar-refractivity contribution in [1.29, 1.82) is 0 Å². The largest absolute Gasteiger partial charge is 0.449 e. The zero-order chi connectivity index (χ0) is 16.6. The average Bonchev–Trinajstić information content (AvgIpc) is 2.95. The summed E-state index contributed by atoms with van der Waals surface area (Å²) in [6.07, 6.45) is -3.21. The molecule has 6 nitrogen and oxygen atoms in total. The third kappa shape index (κ3) is 2.80. The van der Waals surface area contributed by atoms with E-state index in [4.69, 9.17) is 4.74 Å². The summed E-state index contributed by atoms with van der Waals surface area (Å²) in [5.74, 6) is -0.0317. The molecule has 0 spiro atoms. The Labute approximate surface area is 126 Å². The van der Waals surface area contributed by atoms with Gasteiger partial charge in [-0.1, -0.05) is 6.07 Å². The molecule has 0 bridgehead atoms. The number of halogens is 3. The van der Waals surface area contributed by atoms with Crippen LogP contribution in [0.5, 0.6) is 11.5 Å². The van der Waals surface area contributed by atoms with Crippen molar-refractivity contribution in [2.75, 3.05) is 0 Å². The Morgan fingerprint density at radius 2 is 1.96 bits per heavy atom. The number of hydrogen-bond donors (Lipinski definition) is 1. The van der Waals surface area contributed by atoms with Crippen LogP contribution in [0.25, 0.3) is 10.9 Å². The number of rotatable bonds is 3. The number of nitro groups is 1. The Morgan fingerprint density at radius 3 is 2.65 bits per heavy atom. The molecule has 1 heterocycles. The highest BCUT2D eigenvalue weighted by atomic mass is 19.4. The van der Waals surface area contributed by atoms with E-state index in [0.29, 0.717) is 17.0 Å². The summed E-state index contributed by atoms with van der Waals surface area (Å²) in [7, 11) is 0. The molecule has 0 amide bonds. The lowest BCUT2D eigenvalue weighted by Crippen LogP contribution is -2.06. The number of nitrogens with one attached hydrogen (secondary N) is 1. The fourth-order valence-corrected chi connectivity index (χ4v) is 2.07. The Morgan fingerprint density at radius 1 is 1.17 bits per heavy atom. The molecular weight excluding hydrogens is 315 g/mol. The quantitative estimate of drug-likeness (QED) is 0.576. The van der Waals surface area contributed by atoms with Gasteiger partial charge in [0, 0.05) is 6.07 Å². The highest BCUT2D eigenvalue weighted by Crippen LogP contribution is 2.39. The molecule has 1 N–H and O–H groups in total. The minimum Gasteiger partial charge on any atom is -0.449 e. The van der Waals surface area contributed by atoms with E-state index in [1.165, 1.54) is 6.20 Å². The fourth-order valence-electron chi connectivity index (χ4n) is 2.07. The SMILES string of the molecule is O=[N+]([O-])c1cc(C(F)(F)F)ccc1Oc1cccc2[nH]ncc12. The first kappa shape index (κ1) is 14.8. The molecule has 0 fully saturated rings. The molecule has 0 saturated carbocycles. The van der Waals surface area contributed by atoms with Gasteiger partial charge in [0.15, 0.2) is 0 Å². The molecule has 0 aliphatic rings. The maximum Gasteiger partial charge on any atom is 0.416 e. The van der Waals surface area contributed by atoms with Gasteiger partial charge in [-0.2, -0.15) is 18.3 Å². The van der Waals surface area contributed by atoms with Crippen LogP contribution in [0.1, 0.15) is 5.56 Å². The predicted molar refractivity (Wildman–Crippen MR) is 74.3 cm³/mol. The Balaban J connectivity index is 2.06. The zero-order valence-electron chi connectivity index (χ0n) is 11.3. The minimum atomic E-state index is -4.67. The van der Waals surface area contributed by atoms with Gasteiger partial charge in [0.1, 0.15) is 5.75 Å². The lowest BCUT2D eigenvalue weighted by molar-refractivity contribution is -0.385. The normalized spacial score (nSPS) is 11.6. The van der Waals surface area contributed by atoms with Crippen molar-refractivity contribution in [2.24, 2.45) is 0 Å². The second-order valence-corrected chi connectivity index (χ2v) is 4.63. The van der Waals surface area contributed by atoms with Gasteiger partial charge in [-0.3, -0.25) is 15.2 Å². The molecule has 0 unspecified atom stereocenters. The predicted octanol–water partition coefficient (Wildman–Crippen LogP) is 4.28. The van der Waals surface area contributed by atoms with E-state index in [-0.39, 0.29) is 11.5 Å². The summed E-state index contributed by atoms with van der Waals surface area (Å²) in [5.41, 5.74) is -1.24. The van der Waals surface area contributed by atoms with Gasteiger partial charge in [-0.25, -0.2) is 0 Å². The smallest absolute Gasteiger partial charge is 0.416 e. The summed E-state index contributed by atoms with van der Waals surface area (Å²) < 4.78 is 43.5. The highest BCUT2D eigenvalue weighted by molar-refractivity contribution is 5.84. The number of alkyl halides is 3. The molecule has 3 rings (SSSR count). The van der Waals surface area contributed by atoms with Gasteiger partial charge in [0.05, 0.1) is 27.6 Å². The van der Waals surface area contributed by atoms with Gasteiger partial charge in [0.25, 0.3) is 0 Å². The number of nitrogens with zero attached hydrogens (tertiary/aromatic N) is 2. The molecule has 1 aromatic heterocycles. The maximum absolute atomic E-state index is 12.7. The fraction of sp³-hybridized carbons (Fsp3) is 0.0714. The van der Waals surface area contributed by atoms with Crippen molar-refractivity contribution in [1.82, 2.24) is 10.2 Å². The van der Waals surface area contributed by atoms with Crippen LogP contribution >= 0.6 is 0 Å². The molecular formula is C14H8F3N3O3. The third-order valence-electron chi connectivity index (χ3n) is 3.15. The standard InChI is InChI=1S/C14H8F3N3O3/c15-14(16,17)8-4-5-13(11(6-8)20(21)22)23-12-3-1-2-10-9(12)7-18-19-10/h1-7H,(H,18,19). The second-order valence-electron chi connectivity index (χ2n) is 4.63. The average molecular weight is 323 g/mol. The third-order valence-corrected chi connectivity index (χ3v) is 3.15. The summed E-state index contributed by atoms with van der Waals surface area (Å²) in [4.78, 5) is 10.1. The van der Waals surface area contributed by atoms with Crippen molar-refractivity contribution in [3.8, 4) is 11.5 Å². The van der Waals surface area contributed by atoms with Crippen molar-refractivity contribution >= 4 is 16.6 Å². The van der Waals surface area contributed by atoms with Crippen LogP contribution in [0.3, 0.4) is 0 Å². The van der Waals surface area contributed by atoms with Crippen LogP contribution < -0.4 is 4.74 Å². The lowest BCUT2D eigenvalue weighted by Gasteiger charge is -2.10. The Hall–Kier alpha value is -3.10. The molecule has 0 radical (unpaired) electrons. The number of benzene rings is 2. The van der Waals surface area contributed by atoms with Crippen LogP contribution in [-0.4, -0.2) is 15.1 Å². The molecule has 0 aliphatic heterocycles. The number of aromatic amines is 1. The second kappa shape index (κ2) is 5.27. The molecule has 3 aromatic rings. The molecule has 0 saturated heterocycles. The van der Waals surface area contributed by atoms with E-state index < -0.39 is 22.4 Å². The van der Waals surface area contributed by atoms with E-state index >= 15 is 0 Å². The van der Waals surface area contributed by atoms with Crippen LogP contribution in [-0.2, 0) is 6.18 Å². The van der Waals surface area contributed by atoms with E-state index in [9.17, 15) is 23.3 Å². The van der Waals surface area contributed by atoms with E-state index in [0.717, 1.165) is 12.1 Å². The van der Waals surface area contributed by atoms with Gasteiger partial charge >= 0.3 is 11.9 Å². The van der Waals surface area contributed by atoms with E-state index in [1.807, 2.05) is 0 Å². The molecule has 118 valence electrons. The topological polar surface area (TPSA) is 81.0 Å². The lowest BCUT2D eigenvalue weighted by atomic mass is 10.2. The van der Waals surface area contributed by atoms with Crippen molar-refractivity contribution in [3.05, 3.63) is 58.3 Å². The number of aromatic nitrogens is 2. The molecule has 0 atom stereocenters. The van der Waals surface area contributed by atoms with Gasteiger partial charge in [-0.05, 0) is 24.3 Å². The molecule has 9 heteroatoms. The zero-order valence-corrected chi connectivity index (χ0v) is 11.3. The van der Waals surface area contributed by atoms with Crippen molar-refractivity contribution in [3.63, 3.8) is 0 Å². The van der Waals surface area contributed by atoms with Gasteiger partial charge in [0.2, 0.25) is 5.75 Å². The van der Waals surface area contributed by atoms with Gasteiger partial charge in [-0.15, -0.1) is 0 Å². The number of ether oxygens (including phenoxy) is 1. The van der Waals surface area contributed by atoms with Crippen LogP contribution in [0.4, 0.5) is 18.9 Å². The minimum absolute atomic E-state index is 0.249. The highest BCUT2D eigenvalue weighted by Gasteiger charge is 2.33. The summed E-state index contributed by atoms with van der Waals surface area (Å²) in [6, 6.07) is 7.00. The van der Waals surface area contributed by atoms with Crippen LogP contribution in [0, 0.1) is 10.1 Å². The van der Waals surface area contributed by atoms with E-state index in [1.54, 1.807) is 18.2 Å². The Kier molecular flexibility index (Phi) is 3.40. The number of hydrogen-bond acceptors (Lipinski definition) is 4. The summed E-state index contributed by atoms with van der Waals surface area (Å²) >= 11 is 0.